The van der Waals surface area contributed by atoms with E-state index in [0.717, 1.165) is 5.33 Å². The van der Waals surface area contributed by atoms with Crippen molar-refractivity contribution in [3.63, 3.8) is 0 Å². The van der Waals surface area contributed by atoms with Gasteiger partial charge < -0.3 is 0 Å². The minimum atomic E-state index is 0.639. The fourth-order valence-electron chi connectivity index (χ4n) is 1.47. The summed E-state index contributed by atoms with van der Waals surface area (Å²) >= 11 is 3.57. The largest absolute Gasteiger partial charge is 0.0921 e. The van der Waals surface area contributed by atoms with Crippen molar-refractivity contribution in [1.82, 2.24) is 0 Å². The van der Waals surface area contributed by atoms with Crippen LogP contribution in [0.3, 0.4) is 0 Å². The van der Waals surface area contributed by atoms with Crippen molar-refractivity contribution in [2.45, 2.75) is 26.7 Å². The van der Waals surface area contributed by atoms with E-state index in [1.165, 1.54) is 11.1 Å². The molecule has 72 valence electrons. The summed E-state index contributed by atoms with van der Waals surface area (Å²) in [5.74, 6) is 1.34. The molecule has 1 heteroatoms. The van der Waals surface area contributed by atoms with Gasteiger partial charge in [0.25, 0.3) is 0 Å². The lowest BCUT2D eigenvalue weighted by atomic mass is 9.90. The van der Waals surface area contributed by atoms with Crippen molar-refractivity contribution < 1.29 is 0 Å². The van der Waals surface area contributed by atoms with Crippen LogP contribution < -0.4 is 0 Å². The SMILES string of the molecule is Cc1ccc(C(CBr)C(C)C)cc1. The molecular formula is C12H17Br. The lowest BCUT2D eigenvalue weighted by Crippen LogP contribution is -2.07. The van der Waals surface area contributed by atoms with Gasteiger partial charge in [-0.15, -0.1) is 0 Å². The zero-order valence-electron chi connectivity index (χ0n) is 8.55. The Balaban J connectivity index is 2.86. The first-order valence-electron chi connectivity index (χ1n) is 4.77. The van der Waals surface area contributed by atoms with Gasteiger partial charge in [-0.3, -0.25) is 0 Å². The predicted molar refractivity (Wildman–Crippen MR) is 62.6 cm³/mol. The minimum Gasteiger partial charge on any atom is -0.0921 e. The van der Waals surface area contributed by atoms with E-state index in [1.54, 1.807) is 0 Å². The Morgan fingerprint density at radius 3 is 2.08 bits per heavy atom. The Morgan fingerprint density at radius 2 is 1.69 bits per heavy atom. The van der Waals surface area contributed by atoms with E-state index >= 15 is 0 Å². The van der Waals surface area contributed by atoms with Crippen LogP contribution in [0.4, 0.5) is 0 Å². The first kappa shape index (κ1) is 10.8. The third-order valence-electron chi connectivity index (χ3n) is 2.48. The van der Waals surface area contributed by atoms with Crippen LogP contribution in [0.2, 0.25) is 0 Å². The highest BCUT2D eigenvalue weighted by atomic mass is 79.9. The molecule has 0 spiro atoms. The summed E-state index contributed by atoms with van der Waals surface area (Å²) in [6.07, 6.45) is 0. The van der Waals surface area contributed by atoms with Gasteiger partial charge in [0.2, 0.25) is 0 Å². The van der Waals surface area contributed by atoms with Crippen molar-refractivity contribution in [2.24, 2.45) is 5.92 Å². The van der Waals surface area contributed by atoms with E-state index in [1.807, 2.05) is 0 Å². The van der Waals surface area contributed by atoms with Gasteiger partial charge in [0, 0.05) is 5.33 Å². The summed E-state index contributed by atoms with van der Waals surface area (Å²) in [4.78, 5) is 0. The quantitative estimate of drug-likeness (QED) is 0.698. The third kappa shape index (κ3) is 2.84. The first-order valence-corrected chi connectivity index (χ1v) is 5.90. The highest BCUT2D eigenvalue weighted by molar-refractivity contribution is 9.09. The molecule has 0 fully saturated rings. The lowest BCUT2D eigenvalue weighted by Gasteiger charge is -2.18. The Labute approximate surface area is 89.5 Å². The number of benzene rings is 1. The van der Waals surface area contributed by atoms with Gasteiger partial charge >= 0.3 is 0 Å². The van der Waals surface area contributed by atoms with E-state index in [-0.39, 0.29) is 0 Å². The number of aryl methyl sites for hydroxylation is 1. The molecular weight excluding hydrogens is 224 g/mol. The molecule has 0 aliphatic heterocycles. The number of halogens is 1. The molecule has 1 aromatic carbocycles. The number of hydrogen-bond acceptors (Lipinski definition) is 0. The van der Waals surface area contributed by atoms with Gasteiger partial charge in [0.05, 0.1) is 0 Å². The molecule has 1 unspecified atom stereocenters. The molecule has 0 bridgehead atoms. The van der Waals surface area contributed by atoms with E-state index < -0.39 is 0 Å². The Bertz CT molecular complexity index is 248. The predicted octanol–water partition coefficient (Wildman–Crippen LogP) is 4.13. The number of hydrogen-bond donors (Lipinski definition) is 0. The van der Waals surface area contributed by atoms with Crippen LogP contribution in [0.5, 0.6) is 0 Å². The molecule has 0 aliphatic rings. The maximum absolute atomic E-state index is 3.57. The normalized spacial score (nSPS) is 13.3. The molecule has 0 radical (unpaired) electrons. The summed E-state index contributed by atoms with van der Waals surface area (Å²) in [5.41, 5.74) is 2.78. The molecule has 13 heavy (non-hydrogen) atoms. The zero-order valence-corrected chi connectivity index (χ0v) is 10.1. The Hall–Kier alpha value is -0.300. The van der Waals surface area contributed by atoms with Crippen molar-refractivity contribution in [2.75, 3.05) is 5.33 Å². The van der Waals surface area contributed by atoms with Crippen molar-refractivity contribution in [1.29, 1.82) is 0 Å². The molecule has 0 saturated heterocycles. The summed E-state index contributed by atoms with van der Waals surface area (Å²) in [6.45, 7) is 6.67. The van der Waals surface area contributed by atoms with Gasteiger partial charge in [0.1, 0.15) is 0 Å². The van der Waals surface area contributed by atoms with E-state index in [0.29, 0.717) is 11.8 Å². The number of rotatable bonds is 3. The van der Waals surface area contributed by atoms with Gasteiger partial charge in [-0.2, -0.15) is 0 Å². The van der Waals surface area contributed by atoms with Crippen LogP contribution >= 0.6 is 15.9 Å². The van der Waals surface area contributed by atoms with Crippen molar-refractivity contribution >= 4 is 15.9 Å². The van der Waals surface area contributed by atoms with Gasteiger partial charge in [-0.05, 0) is 24.3 Å². The second kappa shape index (κ2) is 4.80. The fourth-order valence-corrected chi connectivity index (χ4v) is 2.59. The van der Waals surface area contributed by atoms with Gasteiger partial charge in [0.15, 0.2) is 0 Å². The second-order valence-corrected chi connectivity index (χ2v) is 4.56. The molecule has 0 nitrogen and oxygen atoms in total. The van der Waals surface area contributed by atoms with Crippen LogP contribution in [-0.4, -0.2) is 5.33 Å². The molecule has 1 rings (SSSR count). The van der Waals surface area contributed by atoms with Crippen LogP contribution in [0.15, 0.2) is 24.3 Å². The summed E-state index contributed by atoms with van der Waals surface area (Å²) in [7, 11) is 0. The molecule has 0 saturated carbocycles. The second-order valence-electron chi connectivity index (χ2n) is 3.92. The smallest absolute Gasteiger partial charge is 0.0103 e. The molecule has 0 heterocycles. The highest BCUT2D eigenvalue weighted by Gasteiger charge is 2.13. The Morgan fingerprint density at radius 1 is 1.15 bits per heavy atom. The van der Waals surface area contributed by atoms with Crippen LogP contribution in [0.1, 0.15) is 30.9 Å². The Kier molecular flexibility index (Phi) is 3.98. The molecule has 0 N–H and O–H groups in total. The summed E-state index contributed by atoms with van der Waals surface area (Å²) < 4.78 is 0. The molecule has 1 atom stereocenters. The maximum Gasteiger partial charge on any atom is 0.0103 e. The van der Waals surface area contributed by atoms with Gasteiger partial charge in [-0.25, -0.2) is 0 Å². The van der Waals surface area contributed by atoms with Gasteiger partial charge in [-0.1, -0.05) is 59.6 Å². The highest BCUT2D eigenvalue weighted by Crippen LogP contribution is 2.26. The van der Waals surface area contributed by atoms with E-state index in [4.69, 9.17) is 0 Å². The monoisotopic (exact) mass is 240 g/mol. The fraction of sp³-hybridized carbons (Fsp3) is 0.500. The van der Waals surface area contributed by atoms with E-state index in [9.17, 15) is 0 Å². The summed E-state index contributed by atoms with van der Waals surface area (Å²) in [5, 5.41) is 1.05. The van der Waals surface area contributed by atoms with Crippen LogP contribution in [-0.2, 0) is 0 Å². The van der Waals surface area contributed by atoms with E-state index in [2.05, 4.69) is 61.0 Å². The average Bonchev–Trinajstić information content (AvgIpc) is 2.09. The third-order valence-corrected chi connectivity index (χ3v) is 3.17. The van der Waals surface area contributed by atoms with Crippen LogP contribution in [0, 0.1) is 12.8 Å². The average molecular weight is 241 g/mol. The molecule has 1 aromatic rings. The topological polar surface area (TPSA) is 0 Å². The summed E-state index contributed by atoms with van der Waals surface area (Å²) in [6, 6.07) is 8.85. The minimum absolute atomic E-state index is 0.639. The first-order chi connectivity index (χ1) is 6.15. The standard InChI is InChI=1S/C12H17Br/c1-9(2)12(8-13)11-6-4-10(3)5-7-11/h4-7,9,12H,8H2,1-3H3. The zero-order chi connectivity index (χ0) is 9.84. The molecule has 0 aliphatic carbocycles. The number of alkyl halides is 1. The van der Waals surface area contributed by atoms with Crippen molar-refractivity contribution in [3.05, 3.63) is 35.4 Å². The lowest BCUT2D eigenvalue weighted by molar-refractivity contribution is 0.544. The van der Waals surface area contributed by atoms with Crippen molar-refractivity contribution in [3.8, 4) is 0 Å². The van der Waals surface area contributed by atoms with Crippen LogP contribution in [0.25, 0.3) is 0 Å². The maximum atomic E-state index is 3.57. The molecule has 0 aromatic heterocycles. The molecule has 0 amide bonds.